The van der Waals surface area contributed by atoms with Crippen molar-refractivity contribution in [3.8, 4) is 5.75 Å². The summed E-state index contributed by atoms with van der Waals surface area (Å²) in [4.78, 5) is 34.7. The predicted molar refractivity (Wildman–Crippen MR) is 101 cm³/mol. The summed E-state index contributed by atoms with van der Waals surface area (Å²) in [7, 11) is 0. The monoisotopic (exact) mass is 409 g/mol. The lowest BCUT2D eigenvalue weighted by atomic mass is 10.1. The zero-order chi connectivity index (χ0) is 20.8. The normalized spacial score (nSPS) is 10.5. The zero-order valence-electron chi connectivity index (χ0n) is 15.0. The van der Waals surface area contributed by atoms with E-state index in [0.29, 0.717) is 0 Å². The highest BCUT2D eigenvalue weighted by Crippen LogP contribution is 2.27. The quantitative estimate of drug-likeness (QED) is 0.536. The van der Waals surface area contributed by atoms with Gasteiger partial charge in [-0.1, -0.05) is 17.7 Å². The van der Waals surface area contributed by atoms with Crippen molar-refractivity contribution < 1.29 is 23.6 Å². The van der Waals surface area contributed by atoms with Crippen LogP contribution in [0.3, 0.4) is 0 Å². The number of hydrogen-bond donors (Lipinski definition) is 2. The molecule has 0 unspecified atom stereocenters. The summed E-state index contributed by atoms with van der Waals surface area (Å²) in [6, 6.07) is 7.43. The molecule has 0 bridgehead atoms. The van der Waals surface area contributed by atoms with Crippen molar-refractivity contribution >= 4 is 34.8 Å². The van der Waals surface area contributed by atoms with Crippen molar-refractivity contribution in [2.24, 2.45) is 0 Å². The van der Waals surface area contributed by atoms with E-state index in [2.05, 4.69) is 10.6 Å². The van der Waals surface area contributed by atoms with Crippen molar-refractivity contribution in [1.82, 2.24) is 5.32 Å². The number of nitro groups is 1. The molecular formula is C18H17ClFN3O5. The molecule has 10 heteroatoms. The lowest BCUT2D eigenvalue weighted by Crippen LogP contribution is -2.33. The molecule has 28 heavy (non-hydrogen) atoms. The average Bonchev–Trinajstić information content (AvgIpc) is 2.61. The standard InChI is InChI=1S/C18H17ClFN3O5/c1-10(2)28-15-7-6-11(20)8-13(15)22-16(24)9-21-18(25)17-12(19)4-3-5-14(17)23(26)27/h3-8,10H,9H2,1-2H3,(H,21,25)(H,22,24). The van der Waals surface area contributed by atoms with Crippen LogP contribution in [0.15, 0.2) is 36.4 Å². The van der Waals surface area contributed by atoms with Crippen molar-refractivity contribution in [3.05, 3.63) is 62.9 Å². The Kier molecular flexibility index (Phi) is 6.89. The summed E-state index contributed by atoms with van der Waals surface area (Å²) >= 11 is 5.88. The van der Waals surface area contributed by atoms with Crippen LogP contribution in [0.1, 0.15) is 24.2 Å². The first-order valence-corrected chi connectivity index (χ1v) is 8.54. The van der Waals surface area contributed by atoms with Gasteiger partial charge in [-0.05, 0) is 32.0 Å². The third-order valence-electron chi connectivity index (χ3n) is 3.40. The van der Waals surface area contributed by atoms with Crippen LogP contribution in [0.5, 0.6) is 5.75 Å². The van der Waals surface area contributed by atoms with E-state index in [1.807, 2.05) is 0 Å². The fraction of sp³-hybridized carbons (Fsp3) is 0.222. The molecule has 0 aliphatic carbocycles. The first-order valence-electron chi connectivity index (χ1n) is 8.16. The summed E-state index contributed by atoms with van der Waals surface area (Å²) in [5, 5.41) is 15.6. The Morgan fingerprint density at radius 2 is 2.00 bits per heavy atom. The van der Waals surface area contributed by atoms with Gasteiger partial charge in [0.15, 0.2) is 0 Å². The van der Waals surface area contributed by atoms with Crippen LogP contribution in [0.2, 0.25) is 5.02 Å². The van der Waals surface area contributed by atoms with Gasteiger partial charge in [0.25, 0.3) is 11.6 Å². The number of ether oxygens (including phenoxy) is 1. The number of carbonyl (C=O) groups is 2. The fourth-order valence-corrected chi connectivity index (χ4v) is 2.54. The van der Waals surface area contributed by atoms with E-state index < -0.39 is 34.8 Å². The van der Waals surface area contributed by atoms with E-state index in [-0.39, 0.29) is 28.1 Å². The number of nitrogens with zero attached hydrogens (tertiary/aromatic N) is 1. The first-order chi connectivity index (χ1) is 13.2. The Morgan fingerprint density at radius 1 is 1.29 bits per heavy atom. The molecule has 0 saturated carbocycles. The maximum atomic E-state index is 13.5. The Balaban J connectivity index is 2.09. The van der Waals surface area contributed by atoms with E-state index in [1.54, 1.807) is 13.8 Å². The molecule has 0 aliphatic rings. The van der Waals surface area contributed by atoms with Gasteiger partial charge in [0, 0.05) is 12.1 Å². The van der Waals surface area contributed by atoms with E-state index in [0.717, 1.165) is 12.1 Å². The molecule has 0 saturated heterocycles. The average molecular weight is 410 g/mol. The molecule has 0 aliphatic heterocycles. The second kappa shape index (κ2) is 9.14. The Morgan fingerprint density at radius 3 is 2.64 bits per heavy atom. The molecule has 0 fully saturated rings. The van der Waals surface area contributed by atoms with Gasteiger partial charge in [0.05, 0.1) is 28.3 Å². The number of rotatable bonds is 7. The third kappa shape index (κ3) is 5.40. The van der Waals surface area contributed by atoms with Gasteiger partial charge < -0.3 is 15.4 Å². The van der Waals surface area contributed by atoms with Crippen molar-refractivity contribution in [2.75, 3.05) is 11.9 Å². The molecular weight excluding hydrogens is 393 g/mol. The summed E-state index contributed by atoms with van der Waals surface area (Å²) in [6.45, 7) is 3.02. The van der Waals surface area contributed by atoms with Crippen LogP contribution >= 0.6 is 11.6 Å². The molecule has 0 atom stereocenters. The van der Waals surface area contributed by atoms with Crippen LogP contribution in [0, 0.1) is 15.9 Å². The Bertz CT molecular complexity index is 920. The first kappa shape index (κ1) is 21.1. The smallest absolute Gasteiger partial charge is 0.283 e. The van der Waals surface area contributed by atoms with Crippen molar-refractivity contribution in [3.63, 3.8) is 0 Å². The number of amides is 2. The number of carbonyl (C=O) groups excluding carboxylic acids is 2. The number of hydrogen-bond acceptors (Lipinski definition) is 5. The van der Waals surface area contributed by atoms with Gasteiger partial charge in [-0.3, -0.25) is 19.7 Å². The molecule has 0 heterocycles. The van der Waals surface area contributed by atoms with Crippen LogP contribution in [0.25, 0.3) is 0 Å². The lowest BCUT2D eigenvalue weighted by Gasteiger charge is -2.15. The highest BCUT2D eigenvalue weighted by atomic mass is 35.5. The van der Waals surface area contributed by atoms with E-state index >= 15 is 0 Å². The van der Waals surface area contributed by atoms with Gasteiger partial charge in [0.1, 0.15) is 17.1 Å². The van der Waals surface area contributed by atoms with Gasteiger partial charge in [-0.25, -0.2) is 4.39 Å². The highest BCUT2D eigenvalue weighted by Gasteiger charge is 2.23. The van der Waals surface area contributed by atoms with Crippen LogP contribution in [0.4, 0.5) is 15.8 Å². The molecule has 8 nitrogen and oxygen atoms in total. The Hall–Kier alpha value is -3.20. The van der Waals surface area contributed by atoms with Gasteiger partial charge in [-0.15, -0.1) is 0 Å². The van der Waals surface area contributed by atoms with Crippen LogP contribution < -0.4 is 15.4 Å². The third-order valence-corrected chi connectivity index (χ3v) is 3.72. The highest BCUT2D eigenvalue weighted by molar-refractivity contribution is 6.34. The molecule has 2 rings (SSSR count). The molecule has 2 aromatic carbocycles. The van der Waals surface area contributed by atoms with E-state index in [4.69, 9.17) is 16.3 Å². The van der Waals surface area contributed by atoms with E-state index in [1.165, 1.54) is 24.3 Å². The molecule has 0 radical (unpaired) electrons. The van der Waals surface area contributed by atoms with Crippen LogP contribution in [-0.2, 0) is 4.79 Å². The minimum Gasteiger partial charge on any atom is -0.489 e. The number of halogens is 2. The molecule has 0 aromatic heterocycles. The second-order valence-electron chi connectivity index (χ2n) is 5.93. The number of anilines is 1. The van der Waals surface area contributed by atoms with Gasteiger partial charge >= 0.3 is 0 Å². The largest absolute Gasteiger partial charge is 0.489 e. The minimum absolute atomic E-state index is 0.0941. The fourth-order valence-electron chi connectivity index (χ4n) is 2.29. The lowest BCUT2D eigenvalue weighted by molar-refractivity contribution is -0.385. The number of nitro benzene ring substituents is 1. The molecule has 0 spiro atoms. The van der Waals surface area contributed by atoms with Gasteiger partial charge in [0.2, 0.25) is 5.91 Å². The Labute approximate surface area is 164 Å². The number of nitrogens with one attached hydrogen (secondary N) is 2. The van der Waals surface area contributed by atoms with Crippen molar-refractivity contribution in [1.29, 1.82) is 0 Å². The van der Waals surface area contributed by atoms with Gasteiger partial charge in [-0.2, -0.15) is 0 Å². The molecule has 2 amide bonds. The van der Waals surface area contributed by atoms with Crippen molar-refractivity contribution in [2.45, 2.75) is 20.0 Å². The maximum absolute atomic E-state index is 13.5. The molecule has 148 valence electrons. The predicted octanol–water partition coefficient (Wildman–Crippen LogP) is 3.54. The van der Waals surface area contributed by atoms with E-state index in [9.17, 15) is 24.1 Å². The second-order valence-corrected chi connectivity index (χ2v) is 6.34. The summed E-state index contributed by atoms with van der Waals surface area (Å²) in [6.07, 6.45) is -0.207. The SMILES string of the molecule is CC(C)Oc1ccc(F)cc1NC(=O)CNC(=O)c1c(Cl)cccc1[N+](=O)[O-]. The van der Waals surface area contributed by atoms with Crippen LogP contribution in [-0.4, -0.2) is 29.4 Å². The topological polar surface area (TPSA) is 111 Å². The summed E-state index contributed by atoms with van der Waals surface area (Å²) in [5.41, 5.74) is -0.739. The minimum atomic E-state index is -0.884. The summed E-state index contributed by atoms with van der Waals surface area (Å²) in [5.74, 6) is -1.88. The molecule has 2 aromatic rings. The zero-order valence-corrected chi connectivity index (χ0v) is 15.7. The summed E-state index contributed by atoms with van der Waals surface area (Å²) < 4.78 is 19.0. The molecule has 2 N–H and O–H groups in total. The maximum Gasteiger partial charge on any atom is 0.283 e. The number of benzene rings is 2.